The molecule has 4 heterocycles. The summed E-state index contributed by atoms with van der Waals surface area (Å²) in [6.45, 7) is 1.12. The van der Waals surface area contributed by atoms with E-state index in [1.807, 2.05) is 12.1 Å². The molecule has 0 unspecified atom stereocenters. The van der Waals surface area contributed by atoms with Crippen LogP contribution in [0.1, 0.15) is 22.8 Å². The number of rotatable bonds is 2. The zero-order valence-corrected chi connectivity index (χ0v) is 13.3. The molecule has 1 fully saturated rings. The van der Waals surface area contributed by atoms with Crippen molar-refractivity contribution in [3.05, 3.63) is 58.9 Å². The van der Waals surface area contributed by atoms with Crippen molar-refractivity contribution in [2.75, 3.05) is 13.1 Å². The molecule has 0 bridgehead atoms. The molecule has 1 saturated heterocycles. The maximum absolute atomic E-state index is 12.6. The first-order chi connectivity index (χ1) is 11.7. The highest BCUT2D eigenvalue weighted by Crippen LogP contribution is 2.24. The van der Waals surface area contributed by atoms with Gasteiger partial charge in [0, 0.05) is 38.7 Å². The summed E-state index contributed by atoms with van der Waals surface area (Å²) in [5.41, 5.74) is 1.95. The van der Waals surface area contributed by atoms with Crippen LogP contribution >= 0.6 is 0 Å². The van der Waals surface area contributed by atoms with Gasteiger partial charge in [-0.1, -0.05) is 0 Å². The molecule has 122 valence electrons. The number of pyridine rings is 2. The quantitative estimate of drug-likeness (QED) is 0.711. The molecule has 0 aliphatic carbocycles. The van der Waals surface area contributed by atoms with E-state index in [1.165, 1.54) is 0 Å². The summed E-state index contributed by atoms with van der Waals surface area (Å²) in [6, 6.07) is 7.15. The zero-order chi connectivity index (χ0) is 16.7. The number of aryl methyl sites for hydroxylation is 1. The van der Waals surface area contributed by atoms with Gasteiger partial charge in [0.25, 0.3) is 5.91 Å². The van der Waals surface area contributed by atoms with Gasteiger partial charge in [0.2, 0.25) is 0 Å². The minimum absolute atomic E-state index is 0.0492. The largest absolute Gasteiger partial charge is 0.336 e. The van der Waals surface area contributed by atoms with Crippen LogP contribution in [0.5, 0.6) is 0 Å². The number of likely N-dealkylation sites (tertiary alicyclic amines) is 1. The smallest absolute Gasteiger partial charge is 0.330 e. The number of imidazole rings is 1. The van der Waals surface area contributed by atoms with Crippen molar-refractivity contribution in [3.63, 3.8) is 0 Å². The predicted molar refractivity (Wildman–Crippen MR) is 88.8 cm³/mol. The van der Waals surface area contributed by atoms with Crippen molar-refractivity contribution in [2.24, 2.45) is 7.05 Å². The van der Waals surface area contributed by atoms with E-state index in [0.29, 0.717) is 24.3 Å². The second kappa shape index (κ2) is 5.59. The third kappa shape index (κ3) is 2.20. The molecule has 0 aromatic carbocycles. The Bertz CT molecular complexity index is 960. The molecule has 7 nitrogen and oxygen atoms in total. The van der Waals surface area contributed by atoms with Gasteiger partial charge in [-0.2, -0.15) is 0 Å². The Morgan fingerprint density at radius 2 is 2.08 bits per heavy atom. The van der Waals surface area contributed by atoms with Crippen molar-refractivity contribution in [3.8, 4) is 0 Å². The van der Waals surface area contributed by atoms with Crippen LogP contribution in [-0.4, -0.2) is 43.0 Å². The number of hydrogen-bond acceptors (Lipinski definition) is 4. The van der Waals surface area contributed by atoms with E-state index in [2.05, 4.69) is 9.97 Å². The molecule has 4 rings (SSSR count). The highest BCUT2D eigenvalue weighted by molar-refractivity contribution is 5.94. The average Bonchev–Trinajstić information content (AvgIpc) is 3.19. The van der Waals surface area contributed by atoms with E-state index in [1.54, 1.807) is 51.8 Å². The average molecular weight is 323 g/mol. The van der Waals surface area contributed by atoms with Crippen molar-refractivity contribution in [1.82, 2.24) is 24.0 Å². The fourth-order valence-electron chi connectivity index (χ4n) is 3.33. The number of amides is 1. The summed E-state index contributed by atoms with van der Waals surface area (Å²) < 4.78 is 3.32. The first kappa shape index (κ1) is 14.6. The fraction of sp³-hybridized carbons (Fsp3) is 0.294. The molecule has 3 aromatic heterocycles. The van der Waals surface area contributed by atoms with Crippen LogP contribution < -0.4 is 5.69 Å². The number of hydrogen-bond donors (Lipinski definition) is 0. The first-order valence-electron chi connectivity index (χ1n) is 7.88. The monoisotopic (exact) mass is 323 g/mol. The van der Waals surface area contributed by atoms with E-state index in [0.717, 1.165) is 11.9 Å². The van der Waals surface area contributed by atoms with Gasteiger partial charge in [-0.25, -0.2) is 9.78 Å². The third-order valence-electron chi connectivity index (χ3n) is 4.57. The lowest BCUT2D eigenvalue weighted by Gasteiger charge is -2.16. The standard InChI is InChI=1S/C17H17N5O2/c1-20-14-5-3-8-19-15(14)22(17(20)24)13-6-9-21(11-13)16(23)12-4-2-7-18-10-12/h2-5,7-8,10,13H,6,9,11H2,1H3/t13-/m1/s1. The van der Waals surface area contributed by atoms with E-state index in [-0.39, 0.29) is 17.6 Å². The molecular weight excluding hydrogens is 306 g/mol. The van der Waals surface area contributed by atoms with Crippen LogP contribution in [0.4, 0.5) is 0 Å². The van der Waals surface area contributed by atoms with Gasteiger partial charge in [0.1, 0.15) is 0 Å². The fourth-order valence-corrected chi connectivity index (χ4v) is 3.33. The van der Waals surface area contributed by atoms with Gasteiger partial charge in [-0.15, -0.1) is 0 Å². The van der Waals surface area contributed by atoms with Gasteiger partial charge >= 0.3 is 5.69 Å². The normalized spacial score (nSPS) is 17.5. The topological polar surface area (TPSA) is 73.0 Å². The summed E-state index contributed by atoms with van der Waals surface area (Å²) in [5, 5.41) is 0. The first-order valence-corrected chi connectivity index (χ1v) is 7.88. The highest BCUT2D eigenvalue weighted by Gasteiger charge is 2.31. The zero-order valence-electron chi connectivity index (χ0n) is 13.3. The maximum atomic E-state index is 12.6. The van der Waals surface area contributed by atoms with Crippen molar-refractivity contribution in [2.45, 2.75) is 12.5 Å². The summed E-state index contributed by atoms with van der Waals surface area (Å²) in [5.74, 6) is -0.0492. The molecule has 7 heteroatoms. The Hall–Kier alpha value is -2.96. The molecule has 1 aliphatic heterocycles. The molecule has 0 radical (unpaired) electrons. The highest BCUT2D eigenvalue weighted by atomic mass is 16.2. The third-order valence-corrected chi connectivity index (χ3v) is 4.57. The molecule has 0 saturated carbocycles. The van der Waals surface area contributed by atoms with Crippen LogP contribution in [0.3, 0.4) is 0 Å². The minimum atomic E-state index is -0.0932. The Morgan fingerprint density at radius 3 is 2.88 bits per heavy atom. The lowest BCUT2D eigenvalue weighted by atomic mass is 10.2. The van der Waals surface area contributed by atoms with Crippen molar-refractivity contribution in [1.29, 1.82) is 0 Å². The Balaban J connectivity index is 1.66. The second-order valence-electron chi connectivity index (χ2n) is 5.99. The van der Waals surface area contributed by atoms with Crippen molar-refractivity contribution < 1.29 is 4.79 Å². The number of aromatic nitrogens is 4. The maximum Gasteiger partial charge on any atom is 0.330 e. The van der Waals surface area contributed by atoms with Crippen molar-refractivity contribution >= 4 is 17.1 Å². The molecule has 1 atom stereocenters. The van der Waals surface area contributed by atoms with Gasteiger partial charge in [-0.05, 0) is 30.7 Å². The van der Waals surface area contributed by atoms with E-state index >= 15 is 0 Å². The van der Waals surface area contributed by atoms with E-state index in [9.17, 15) is 9.59 Å². The van der Waals surface area contributed by atoms with Crippen LogP contribution in [-0.2, 0) is 7.05 Å². The number of nitrogens with zero attached hydrogens (tertiary/aromatic N) is 5. The summed E-state index contributed by atoms with van der Waals surface area (Å²) in [6.07, 6.45) is 5.64. The molecule has 1 amide bonds. The minimum Gasteiger partial charge on any atom is -0.336 e. The number of fused-ring (bicyclic) bond motifs is 1. The Kier molecular flexibility index (Phi) is 3.41. The molecule has 1 aliphatic rings. The van der Waals surface area contributed by atoms with Gasteiger partial charge in [0.05, 0.1) is 17.1 Å². The van der Waals surface area contributed by atoms with E-state index in [4.69, 9.17) is 0 Å². The van der Waals surface area contributed by atoms with Gasteiger partial charge in [0.15, 0.2) is 5.65 Å². The van der Waals surface area contributed by atoms with E-state index < -0.39 is 0 Å². The number of carbonyl (C=O) groups is 1. The molecule has 24 heavy (non-hydrogen) atoms. The SMILES string of the molecule is Cn1c(=O)n([C@@H]2CCN(C(=O)c3cccnc3)C2)c2ncccc21. The molecular formula is C17H17N5O2. The second-order valence-corrected chi connectivity index (χ2v) is 5.99. The number of carbonyl (C=O) groups excluding carboxylic acids is 1. The summed E-state index contributed by atoms with van der Waals surface area (Å²) in [4.78, 5) is 35.3. The molecule has 0 spiro atoms. The lowest BCUT2D eigenvalue weighted by molar-refractivity contribution is 0.0787. The van der Waals surface area contributed by atoms with Crippen LogP contribution in [0.25, 0.3) is 11.2 Å². The van der Waals surface area contributed by atoms with Crippen LogP contribution in [0, 0.1) is 0 Å². The van der Waals surface area contributed by atoms with Crippen LogP contribution in [0.2, 0.25) is 0 Å². The predicted octanol–water partition coefficient (Wildman–Crippen LogP) is 1.22. The van der Waals surface area contributed by atoms with Gasteiger partial charge < -0.3 is 4.90 Å². The Morgan fingerprint density at radius 1 is 1.25 bits per heavy atom. The molecule has 0 N–H and O–H groups in total. The molecule has 3 aromatic rings. The summed E-state index contributed by atoms with van der Waals surface area (Å²) in [7, 11) is 1.75. The van der Waals surface area contributed by atoms with Crippen LogP contribution in [0.15, 0.2) is 47.7 Å². The lowest BCUT2D eigenvalue weighted by Crippen LogP contribution is -2.31. The van der Waals surface area contributed by atoms with Gasteiger partial charge in [-0.3, -0.25) is 18.9 Å². The Labute approximate surface area is 138 Å². The summed E-state index contributed by atoms with van der Waals surface area (Å²) >= 11 is 0.